The lowest BCUT2D eigenvalue weighted by Crippen LogP contribution is -2.38. The quantitative estimate of drug-likeness (QED) is 0.383. The summed E-state index contributed by atoms with van der Waals surface area (Å²) >= 11 is 0. The fourth-order valence-electron chi connectivity index (χ4n) is 4.80. The van der Waals surface area contributed by atoms with Gasteiger partial charge in [-0.3, -0.25) is 4.98 Å². The number of hydrogen-bond acceptors (Lipinski definition) is 7. The number of piperidine rings is 1. The van der Waals surface area contributed by atoms with E-state index in [1.165, 1.54) is 0 Å². The Hall–Kier alpha value is -4.53. The van der Waals surface area contributed by atoms with Crippen LogP contribution < -0.4 is 9.47 Å². The van der Waals surface area contributed by atoms with E-state index in [-0.39, 0.29) is 25.4 Å². The molecule has 0 saturated carbocycles. The van der Waals surface area contributed by atoms with Crippen molar-refractivity contribution in [2.24, 2.45) is 0 Å². The predicted molar refractivity (Wildman–Crippen MR) is 134 cm³/mol. The monoisotopic (exact) mass is 498 g/mol. The highest BCUT2D eigenvalue weighted by molar-refractivity contribution is 5.78. The Bertz CT molecular complexity index is 1400. The van der Waals surface area contributed by atoms with Crippen LogP contribution in [-0.4, -0.2) is 50.8 Å². The molecule has 4 aromatic rings. The minimum absolute atomic E-state index is 0.0339. The molecule has 188 valence electrons. The maximum atomic E-state index is 12.6. The van der Waals surface area contributed by atoms with Gasteiger partial charge in [0.1, 0.15) is 23.8 Å². The zero-order valence-electron chi connectivity index (χ0n) is 20.1. The van der Waals surface area contributed by atoms with Crippen molar-refractivity contribution < 1.29 is 24.2 Å². The van der Waals surface area contributed by atoms with Crippen LogP contribution in [0.3, 0.4) is 0 Å². The highest BCUT2D eigenvalue weighted by atomic mass is 16.7. The summed E-state index contributed by atoms with van der Waals surface area (Å²) in [5, 5.41) is 11.3. The molecule has 9 nitrogen and oxygen atoms in total. The first kappa shape index (κ1) is 22.9. The Labute approximate surface area is 213 Å². The van der Waals surface area contributed by atoms with Crippen molar-refractivity contribution in [3.05, 3.63) is 84.3 Å². The van der Waals surface area contributed by atoms with Gasteiger partial charge in [-0.05, 0) is 48.7 Å². The number of fused-ring (bicyclic) bond motifs is 1. The van der Waals surface area contributed by atoms with Gasteiger partial charge in [-0.1, -0.05) is 36.4 Å². The molecule has 2 aromatic carbocycles. The van der Waals surface area contributed by atoms with Gasteiger partial charge in [-0.2, -0.15) is 4.73 Å². The fraction of sp³-hybridized carbons (Fsp3) is 0.250. The minimum atomic E-state index is -0.329. The summed E-state index contributed by atoms with van der Waals surface area (Å²) in [5.74, 6) is 1.83. The number of rotatable bonds is 5. The topological polar surface area (TPSA) is 98.9 Å². The summed E-state index contributed by atoms with van der Waals surface area (Å²) in [4.78, 5) is 23.7. The fourth-order valence-corrected chi connectivity index (χ4v) is 4.80. The average molecular weight is 499 g/mol. The van der Waals surface area contributed by atoms with Crippen LogP contribution in [0.4, 0.5) is 4.79 Å². The third kappa shape index (κ3) is 4.55. The second-order valence-corrected chi connectivity index (χ2v) is 9.06. The molecule has 0 spiro atoms. The summed E-state index contributed by atoms with van der Waals surface area (Å²) in [6, 6.07) is 20.8. The molecule has 0 radical (unpaired) electrons. The maximum Gasteiger partial charge on any atom is 0.410 e. The Morgan fingerprint density at radius 3 is 2.57 bits per heavy atom. The van der Waals surface area contributed by atoms with Gasteiger partial charge in [0.15, 0.2) is 11.5 Å². The van der Waals surface area contributed by atoms with E-state index in [2.05, 4.69) is 4.98 Å². The number of hydrogen-bond donors (Lipinski definition) is 1. The normalized spacial score (nSPS) is 15.1. The average Bonchev–Trinajstić information content (AvgIpc) is 3.56. The van der Waals surface area contributed by atoms with Crippen LogP contribution in [0.1, 0.15) is 30.1 Å². The number of imidazole rings is 1. The van der Waals surface area contributed by atoms with Crippen LogP contribution in [-0.2, 0) is 11.3 Å². The van der Waals surface area contributed by atoms with Crippen molar-refractivity contribution >= 4 is 6.09 Å². The Kier molecular flexibility index (Phi) is 6.10. The van der Waals surface area contributed by atoms with E-state index in [0.29, 0.717) is 60.3 Å². The number of ether oxygens (including phenoxy) is 3. The summed E-state index contributed by atoms with van der Waals surface area (Å²) in [7, 11) is 0. The van der Waals surface area contributed by atoms with Gasteiger partial charge in [0.05, 0.1) is 5.69 Å². The zero-order valence-corrected chi connectivity index (χ0v) is 20.1. The number of carbonyl (C=O) groups excluding carboxylic acids is 1. The first-order chi connectivity index (χ1) is 18.2. The lowest BCUT2D eigenvalue weighted by atomic mass is 9.96. The molecule has 0 bridgehead atoms. The van der Waals surface area contributed by atoms with Crippen LogP contribution >= 0.6 is 0 Å². The molecule has 1 saturated heterocycles. The van der Waals surface area contributed by atoms with Crippen LogP contribution in [0.2, 0.25) is 0 Å². The van der Waals surface area contributed by atoms with Crippen molar-refractivity contribution in [2.45, 2.75) is 25.4 Å². The van der Waals surface area contributed by atoms with Crippen molar-refractivity contribution in [3.63, 3.8) is 0 Å². The lowest BCUT2D eigenvalue weighted by molar-refractivity contribution is 0.0846. The van der Waals surface area contributed by atoms with E-state index in [1.807, 2.05) is 66.7 Å². The number of benzene rings is 2. The van der Waals surface area contributed by atoms with E-state index < -0.39 is 0 Å². The lowest BCUT2D eigenvalue weighted by Gasteiger charge is -2.30. The molecule has 0 unspecified atom stereocenters. The molecule has 0 atom stereocenters. The second-order valence-electron chi connectivity index (χ2n) is 9.06. The van der Waals surface area contributed by atoms with Crippen LogP contribution in [0.25, 0.3) is 22.6 Å². The molecule has 2 aliphatic rings. The minimum Gasteiger partial charge on any atom is -0.454 e. The molecule has 6 rings (SSSR count). The van der Waals surface area contributed by atoms with Crippen molar-refractivity contribution in [2.75, 3.05) is 19.9 Å². The Balaban J connectivity index is 1.23. The van der Waals surface area contributed by atoms with E-state index in [4.69, 9.17) is 19.2 Å². The first-order valence-electron chi connectivity index (χ1n) is 12.3. The van der Waals surface area contributed by atoms with Crippen molar-refractivity contribution in [3.8, 4) is 34.1 Å². The van der Waals surface area contributed by atoms with Crippen molar-refractivity contribution in [1.82, 2.24) is 19.6 Å². The number of pyridine rings is 1. The van der Waals surface area contributed by atoms with Crippen LogP contribution in [0.15, 0.2) is 72.9 Å². The largest absolute Gasteiger partial charge is 0.454 e. The molecule has 1 amide bonds. The molecular formula is C28H26N4O5. The van der Waals surface area contributed by atoms with Gasteiger partial charge in [-0.15, -0.1) is 0 Å². The Morgan fingerprint density at radius 1 is 1.00 bits per heavy atom. The molecule has 37 heavy (non-hydrogen) atoms. The van der Waals surface area contributed by atoms with Gasteiger partial charge in [-0.25, -0.2) is 9.78 Å². The summed E-state index contributed by atoms with van der Waals surface area (Å²) in [6.45, 7) is 1.46. The predicted octanol–water partition coefficient (Wildman–Crippen LogP) is 5.09. The smallest absolute Gasteiger partial charge is 0.410 e. The zero-order chi connectivity index (χ0) is 25.2. The summed E-state index contributed by atoms with van der Waals surface area (Å²) in [5.41, 5.74) is 3.48. The number of nitrogens with zero attached hydrogens (tertiary/aromatic N) is 4. The molecule has 0 aliphatic carbocycles. The van der Waals surface area contributed by atoms with Crippen LogP contribution in [0, 0.1) is 0 Å². The summed E-state index contributed by atoms with van der Waals surface area (Å²) < 4.78 is 17.6. The number of amides is 1. The SMILES string of the molecule is O=C(OCc1ccccc1)N1CCC(c2nc(-c3ccc4c(c3)OCO4)c(-c3ccccn3)n2O)CC1. The van der Waals surface area contributed by atoms with E-state index >= 15 is 0 Å². The number of aromatic nitrogens is 3. The van der Waals surface area contributed by atoms with E-state index in [1.54, 1.807) is 11.1 Å². The number of carbonyl (C=O) groups is 1. The van der Waals surface area contributed by atoms with E-state index in [9.17, 15) is 10.0 Å². The van der Waals surface area contributed by atoms with Gasteiger partial charge >= 0.3 is 6.09 Å². The number of likely N-dealkylation sites (tertiary alicyclic amines) is 1. The van der Waals surface area contributed by atoms with Gasteiger partial charge in [0.2, 0.25) is 6.79 Å². The third-order valence-electron chi connectivity index (χ3n) is 6.76. The second kappa shape index (κ2) is 9.85. The molecule has 1 fully saturated rings. The van der Waals surface area contributed by atoms with Crippen molar-refractivity contribution in [1.29, 1.82) is 0 Å². The maximum absolute atomic E-state index is 12.6. The standard InChI is InChI=1S/C28H26N4O5/c33-28(35-17-19-6-2-1-3-7-19)31-14-11-20(12-15-31)27-30-25(21-9-10-23-24(16-21)37-18-36-23)26(32(27)34)22-8-4-5-13-29-22/h1-10,13,16,20,34H,11-12,14-15,17-18H2. The van der Waals surface area contributed by atoms with Gasteiger partial charge in [0, 0.05) is 30.8 Å². The van der Waals surface area contributed by atoms with Gasteiger partial charge < -0.3 is 24.3 Å². The van der Waals surface area contributed by atoms with Gasteiger partial charge in [0.25, 0.3) is 0 Å². The van der Waals surface area contributed by atoms with Crippen LogP contribution in [0.5, 0.6) is 11.5 Å². The molecule has 9 heteroatoms. The molecule has 1 N–H and O–H groups in total. The molecular weight excluding hydrogens is 472 g/mol. The Morgan fingerprint density at radius 2 is 1.78 bits per heavy atom. The van der Waals surface area contributed by atoms with E-state index in [0.717, 1.165) is 15.9 Å². The molecule has 2 aromatic heterocycles. The summed E-state index contributed by atoms with van der Waals surface area (Å²) in [6.07, 6.45) is 2.66. The first-order valence-corrected chi connectivity index (χ1v) is 12.3. The highest BCUT2D eigenvalue weighted by Crippen LogP contribution is 2.40. The third-order valence-corrected chi connectivity index (χ3v) is 6.76. The highest BCUT2D eigenvalue weighted by Gasteiger charge is 2.31. The molecule has 4 heterocycles. The molecule has 2 aliphatic heterocycles.